The third kappa shape index (κ3) is 2.65. The number of amides is 2. The molecule has 1 aromatic heterocycles. The topological polar surface area (TPSA) is 94.0 Å². The SMILES string of the molecule is CN(C(=O)N1C[C@H](O)C[C@@H]1C(=O)O)c1cccnc1. The number of pyridine rings is 1. The van der Waals surface area contributed by atoms with Gasteiger partial charge in [-0.25, -0.2) is 9.59 Å². The Labute approximate surface area is 110 Å². The quantitative estimate of drug-likeness (QED) is 0.794. The van der Waals surface area contributed by atoms with Crippen LogP contribution in [0.15, 0.2) is 24.5 Å². The van der Waals surface area contributed by atoms with Gasteiger partial charge < -0.3 is 15.1 Å². The van der Waals surface area contributed by atoms with Crippen LogP contribution < -0.4 is 4.90 Å². The van der Waals surface area contributed by atoms with Crippen LogP contribution in [0.25, 0.3) is 0 Å². The smallest absolute Gasteiger partial charge is 0.326 e. The summed E-state index contributed by atoms with van der Waals surface area (Å²) in [7, 11) is 1.54. The highest BCUT2D eigenvalue weighted by Gasteiger charge is 2.40. The number of carbonyl (C=O) groups is 2. The van der Waals surface area contributed by atoms with E-state index in [0.29, 0.717) is 5.69 Å². The number of anilines is 1. The van der Waals surface area contributed by atoms with Crippen molar-refractivity contribution in [1.82, 2.24) is 9.88 Å². The van der Waals surface area contributed by atoms with Crippen molar-refractivity contribution in [2.75, 3.05) is 18.5 Å². The molecule has 2 heterocycles. The van der Waals surface area contributed by atoms with Crippen LogP contribution in [0, 0.1) is 0 Å². The monoisotopic (exact) mass is 265 g/mol. The van der Waals surface area contributed by atoms with Gasteiger partial charge in [0.2, 0.25) is 0 Å². The molecule has 1 aliphatic heterocycles. The number of β-amino-alcohol motifs (C(OH)–C–C–N with tert-alkyl or cyclic N) is 1. The average Bonchev–Trinajstić information content (AvgIpc) is 2.80. The third-order valence-electron chi connectivity index (χ3n) is 3.13. The normalized spacial score (nSPS) is 22.3. The zero-order chi connectivity index (χ0) is 14.0. The molecule has 19 heavy (non-hydrogen) atoms. The first kappa shape index (κ1) is 13.3. The summed E-state index contributed by atoms with van der Waals surface area (Å²) in [6, 6.07) is 1.94. The summed E-state index contributed by atoms with van der Waals surface area (Å²) in [5.41, 5.74) is 0.568. The van der Waals surface area contributed by atoms with Crippen LogP contribution in [-0.4, -0.2) is 57.8 Å². The van der Waals surface area contributed by atoms with E-state index in [-0.39, 0.29) is 13.0 Å². The average molecular weight is 265 g/mol. The Hall–Kier alpha value is -2.15. The van der Waals surface area contributed by atoms with E-state index in [0.717, 1.165) is 0 Å². The standard InChI is InChI=1S/C12H15N3O4/c1-14(8-3-2-4-13-6-8)12(19)15-7-9(16)5-10(15)11(17)18/h2-4,6,9-10,16H,5,7H2,1H3,(H,17,18)/t9-,10-/m1/s1. The fourth-order valence-corrected chi connectivity index (χ4v) is 2.11. The molecule has 0 saturated carbocycles. The van der Waals surface area contributed by atoms with Crippen molar-refractivity contribution in [2.24, 2.45) is 0 Å². The lowest BCUT2D eigenvalue weighted by Crippen LogP contribution is -2.47. The second-order valence-corrected chi connectivity index (χ2v) is 4.45. The highest BCUT2D eigenvalue weighted by molar-refractivity contribution is 5.94. The molecule has 1 fully saturated rings. The van der Waals surface area contributed by atoms with E-state index in [1.165, 1.54) is 16.0 Å². The van der Waals surface area contributed by atoms with E-state index in [1.54, 1.807) is 25.4 Å². The molecule has 1 aromatic rings. The highest BCUT2D eigenvalue weighted by atomic mass is 16.4. The Bertz CT molecular complexity index is 479. The lowest BCUT2D eigenvalue weighted by Gasteiger charge is -2.27. The summed E-state index contributed by atoms with van der Waals surface area (Å²) in [6.07, 6.45) is 2.36. The number of likely N-dealkylation sites (tertiary alicyclic amines) is 1. The molecule has 1 aliphatic rings. The summed E-state index contributed by atoms with van der Waals surface area (Å²) >= 11 is 0. The van der Waals surface area contributed by atoms with Crippen molar-refractivity contribution in [3.05, 3.63) is 24.5 Å². The van der Waals surface area contributed by atoms with Crippen molar-refractivity contribution < 1.29 is 19.8 Å². The van der Waals surface area contributed by atoms with Gasteiger partial charge in [-0.3, -0.25) is 9.88 Å². The number of aliphatic hydroxyl groups excluding tert-OH is 1. The summed E-state index contributed by atoms with van der Waals surface area (Å²) in [5.74, 6) is -1.11. The molecule has 0 bridgehead atoms. The highest BCUT2D eigenvalue weighted by Crippen LogP contribution is 2.21. The van der Waals surface area contributed by atoms with E-state index in [1.807, 2.05) is 0 Å². The van der Waals surface area contributed by atoms with Gasteiger partial charge >= 0.3 is 12.0 Å². The zero-order valence-corrected chi connectivity index (χ0v) is 10.4. The van der Waals surface area contributed by atoms with Crippen LogP contribution in [0.2, 0.25) is 0 Å². The number of hydrogen-bond donors (Lipinski definition) is 2. The number of carbonyl (C=O) groups excluding carboxylic acids is 1. The van der Waals surface area contributed by atoms with Gasteiger partial charge in [0.05, 0.1) is 18.0 Å². The fourth-order valence-electron chi connectivity index (χ4n) is 2.11. The number of nitrogens with zero attached hydrogens (tertiary/aromatic N) is 3. The van der Waals surface area contributed by atoms with Gasteiger partial charge in [0.25, 0.3) is 0 Å². The van der Waals surface area contributed by atoms with E-state index in [4.69, 9.17) is 5.11 Å². The molecule has 0 radical (unpaired) electrons. The molecular formula is C12H15N3O4. The number of rotatable bonds is 2. The number of aliphatic carboxylic acids is 1. The molecule has 7 heteroatoms. The maximum Gasteiger partial charge on any atom is 0.326 e. The minimum atomic E-state index is -1.11. The molecular weight excluding hydrogens is 250 g/mol. The molecule has 0 aromatic carbocycles. The van der Waals surface area contributed by atoms with Gasteiger partial charge in [0, 0.05) is 26.2 Å². The van der Waals surface area contributed by atoms with Gasteiger partial charge in [0.15, 0.2) is 0 Å². The molecule has 0 aliphatic carbocycles. The second kappa shape index (κ2) is 5.23. The van der Waals surface area contributed by atoms with Crippen LogP contribution in [0.4, 0.5) is 10.5 Å². The number of hydrogen-bond acceptors (Lipinski definition) is 4. The number of aromatic nitrogens is 1. The van der Waals surface area contributed by atoms with Crippen molar-refractivity contribution in [2.45, 2.75) is 18.6 Å². The Morgan fingerprint density at radius 1 is 1.53 bits per heavy atom. The third-order valence-corrected chi connectivity index (χ3v) is 3.13. The molecule has 2 atom stereocenters. The molecule has 0 unspecified atom stereocenters. The van der Waals surface area contributed by atoms with Crippen molar-refractivity contribution in [3.63, 3.8) is 0 Å². The predicted molar refractivity (Wildman–Crippen MR) is 66.8 cm³/mol. The van der Waals surface area contributed by atoms with E-state index >= 15 is 0 Å². The summed E-state index contributed by atoms with van der Waals surface area (Å²) < 4.78 is 0. The largest absolute Gasteiger partial charge is 0.480 e. The first-order valence-corrected chi connectivity index (χ1v) is 5.86. The predicted octanol–water partition coefficient (Wildman–Crippen LogP) is 0.158. The molecule has 2 N–H and O–H groups in total. The first-order chi connectivity index (χ1) is 9.00. The van der Waals surface area contributed by atoms with E-state index in [9.17, 15) is 14.7 Å². The number of urea groups is 1. The molecule has 102 valence electrons. The van der Waals surface area contributed by atoms with Crippen LogP contribution in [0.5, 0.6) is 0 Å². The minimum absolute atomic E-state index is 0.0282. The second-order valence-electron chi connectivity index (χ2n) is 4.45. The van der Waals surface area contributed by atoms with E-state index in [2.05, 4.69) is 4.98 Å². The maximum absolute atomic E-state index is 12.3. The Morgan fingerprint density at radius 3 is 2.84 bits per heavy atom. The van der Waals surface area contributed by atoms with Gasteiger partial charge in [-0.05, 0) is 12.1 Å². The van der Waals surface area contributed by atoms with Crippen molar-refractivity contribution in [1.29, 1.82) is 0 Å². The summed E-state index contributed by atoms with van der Waals surface area (Å²) in [4.78, 5) is 29.7. The van der Waals surface area contributed by atoms with Gasteiger partial charge in [0.1, 0.15) is 6.04 Å². The lowest BCUT2D eigenvalue weighted by atomic mass is 10.2. The van der Waals surface area contributed by atoms with E-state index < -0.39 is 24.1 Å². The van der Waals surface area contributed by atoms with Crippen LogP contribution in [0.1, 0.15) is 6.42 Å². The molecule has 0 spiro atoms. The summed E-state index contributed by atoms with van der Waals surface area (Å²) in [6.45, 7) is 0.0282. The maximum atomic E-state index is 12.3. The van der Waals surface area contributed by atoms with Gasteiger partial charge in [-0.1, -0.05) is 0 Å². The Morgan fingerprint density at radius 2 is 2.26 bits per heavy atom. The van der Waals surface area contributed by atoms with Crippen LogP contribution >= 0.6 is 0 Å². The Balaban J connectivity index is 2.17. The molecule has 7 nitrogen and oxygen atoms in total. The number of aliphatic hydroxyl groups is 1. The first-order valence-electron chi connectivity index (χ1n) is 5.86. The lowest BCUT2D eigenvalue weighted by molar-refractivity contribution is -0.141. The van der Waals surface area contributed by atoms with Crippen molar-refractivity contribution >= 4 is 17.7 Å². The van der Waals surface area contributed by atoms with Crippen molar-refractivity contribution in [3.8, 4) is 0 Å². The van der Waals surface area contributed by atoms with Gasteiger partial charge in [-0.15, -0.1) is 0 Å². The minimum Gasteiger partial charge on any atom is -0.480 e. The number of carboxylic acids is 1. The Kier molecular flexibility index (Phi) is 3.66. The van der Waals surface area contributed by atoms with Crippen LogP contribution in [-0.2, 0) is 4.79 Å². The number of carboxylic acid groups (broad SMARTS) is 1. The molecule has 2 rings (SSSR count). The summed E-state index contributed by atoms with van der Waals surface area (Å²) in [5, 5.41) is 18.6. The zero-order valence-electron chi connectivity index (χ0n) is 10.4. The molecule has 1 saturated heterocycles. The van der Waals surface area contributed by atoms with Gasteiger partial charge in [-0.2, -0.15) is 0 Å². The fraction of sp³-hybridized carbons (Fsp3) is 0.417. The van der Waals surface area contributed by atoms with Crippen LogP contribution in [0.3, 0.4) is 0 Å². The molecule has 2 amide bonds.